The zero-order valence-electron chi connectivity index (χ0n) is 7.84. The summed E-state index contributed by atoms with van der Waals surface area (Å²) in [5.41, 5.74) is 0. The fourth-order valence-electron chi connectivity index (χ4n) is 1.50. The van der Waals surface area contributed by atoms with E-state index < -0.39 is 18.3 Å². The molecule has 0 spiro atoms. The first-order valence-electron chi connectivity index (χ1n) is 4.20. The van der Waals surface area contributed by atoms with E-state index in [9.17, 15) is 5.11 Å². The quantitative estimate of drug-likeness (QED) is 0.586. The molecule has 0 unspecified atom stereocenters. The number of aliphatic hydroxyl groups is 2. The van der Waals surface area contributed by atoms with E-state index in [1.165, 1.54) is 14.2 Å². The van der Waals surface area contributed by atoms with E-state index in [0.29, 0.717) is 6.61 Å². The van der Waals surface area contributed by atoms with Crippen molar-refractivity contribution in [1.82, 2.24) is 0 Å². The summed E-state index contributed by atoms with van der Waals surface area (Å²) in [5, 5.41) is 18.5. The molecular weight excluding hydrogens is 176 g/mol. The van der Waals surface area contributed by atoms with Crippen molar-refractivity contribution in [1.29, 1.82) is 0 Å². The van der Waals surface area contributed by atoms with Crippen molar-refractivity contribution >= 4 is 0 Å². The second-order valence-electron chi connectivity index (χ2n) is 3.02. The van der Waals surface area contributed by atoms with Gasteiger partial charge in [0.15, 0.2) is 0 Å². The van der Waals surface area contributed by atoms with E-state index in [4.69, 9.17) is 19.3 Å². The average Bonchev–Trinajstić information content (AvgIpc) is 2.17. The van der Waals surface area contributed by atoms with Gasteiger partial charge in [-0.2, -0.15) is 0 Å². The Kier molecular flexibility index (Phi) is 4.08. The molecule has 1 rings (SSSR count). The molecule has 1 aliphatic rings. The van der Waals surface area contributed by atoms with Crippen LogP contribution in [0.4, 0.5) is 0 Å². The van der Waals surface area contributed by atoms with Crippen molar-refractivity contribution < 1.29 is 24.4 Å². The first kappa shape index (κ1) is 10.9. The second-order valence-corrected chi connectivity index (χ2v) is 3.02. The lowest BCUT2D eigenvalue weighted by molar-refractivity contribution is -0.210. The Bertz CT molecular complexity index is 151. The molecule has 0 aromatic carbocycles. The van der Waals surface area contributed by atoms with Crippen molar-refractivity contribution in [2.75, 3.05) is 27.4 Å². The summed E-state index contributed by atoms with van der Waals surface area (Å²) < 4.78 is 15.3. The van der Waals surface area contributed by atoms with Crippen LogP contribution in [0.15, 0.2) is 0 Å². The van der Waals surface area contributed by atoms with E-state index in [1.807, 2.05) is 0 Å². The van der Waals surface area contributed by atoms with Gasteiger partial charge in [0.25, 0.3) is 0 Å². The Labute approximate surface area is 77.2 Å². The Morgan fingerprint density at radius 3 is 2.54 bits per heavy atom. The minimum absolute atomic E-state index is 0.211. The van der Waals surface area contributed by atoms with Gasteiger partial charge < -0.3 is 24.4 Å². The zero-order valence-corrected chi connectivity index (χ0v) is 7.84. The fourth-order valence-corrected chi connectivity index (χ4v) is 1.50. The third kappa shape index (κ3) is 2.18. The Morgan fingerprint density at radius 1 is 1.38 bits per heavy atom. The van der Waals surface area contributed by atoms with Crippen LogP contribution < -0.4 is 0 Å². The molecule has 1 heterocycles. The van der Waals surface area contributed by atoms with E-state index >= 15 is 0 Å². The molecule has 0 aliphatic carbocycles. The Balaban J connectivity index is 2.59. The molecule has 0 amide bonds. The van der Waals surface area contributed by atoms with Gasteiger partial charge >= 0.3 is 0 Å². The lowest BCUT2D eigenvalue weighted by Crippen LogP contribution is -2.55. The third-order valence-corrected chi connectivity index (χ3v) is 2.31. The summed E-state index contributed by atoms with van der Waals surface area (Å²) in [5.74, 6) is 0. The molecule has 5 nitrogen and oxygen atoms in total. The van der Waals surface area contributed by atoms with Crippen LogP contribution in [0.1, 0.15) is 0 Å². The summed E-state index contributed by atoms with van der Waals surface area (Å²) in [6.45, 7) is 0.120. The smallest absolute Gasteiger partial charge is 0.114 e. The molecule has 0 saturated carbocycles. The molecule has 1 aliphatic heterocycles. The maximum absolute atomic E-state index is 9.64. The fraction of sp³-hybridized carbons (Fsp3) is 1.00. The highest BCUT2D eigenvalue weighted by Gasteiger charge is 2.39. The largest absolute Gasteiger partial charge is 0.394 e. The van der Waals surface area contributed by atoms with Crippen molar-refractivity contribution in [3.8, 4) is 0 Å². The van der Waals surface area contributed by atoms with Gasteiger partial charge in [0.2, 0.25) is 0 Å². The number of rotatable bonds is 3. The first-order chi connectivity index (χ1) is 6.24. The lowest BCUT2D eigenvalue weighted by atomic mass is 10.0. The van der Waals surface area contributed by atoms with Crippen LogP contribution in [0.5, 0.6) is 0 Å². The van der Waals surface area contributed by atoms with Crippen molar-refractivity contribution in [3.05, 3.63) is 0 Å². The lowest BCUT2D eigenvalue weighted by Gasteiger charge is -2.37. The summed E-state index contributed by atoms with van der Waals surface area (Å²) in [6.07, 6.45) is -2.12. The number of methoxy groups -OCH3 is 2. The molecule has 1 fully saturated rings. The maximum Gasteiger partial charge on any atom is 0.114 e. The predicted octanol–water partition coefficient (Wildman–Crippen LogP) is -1.23. The molecule has 5 heteroatoms. The molecule has 0 bridgehead atoms. The first-order valence-corrected chi connectivity index (χ1v) is 4.20. The van der Waals surface area contributed by atoms with E-state index in [1.54, 1.807) is 0 Å². The summed E-state index contributed by atoms with van der Waals surface area (Å²) in [6, 6.07) is 0. The number of hydrogen-bond acceptors (Lipinski definition) is 5. The van der Waals surface area contributed by atoms with Crippen LogP contribution >= 0.6 is 0 Å². The highest BCUT2D eigenvalue weighted by Crippen LogP contribution is 2.19. The topological polar surface area (TPSA) is 68.2 Å². The minimum Gasteiger partial charge on any atom is -0.394 e. The van der Waals surface area contributed by atoms with Crippen LogP contribution in [0.25, 0.3) is 0 Å². The zero-order chi connectivity index (χ0) is 9.84. The van der Waals surface area contributed by atoms with Gasteiger partial charge in [-0.1, -0.05) is 0 Å². The number of ether oxygens (including phenoxy) is 3. The van der Waals surface area contributed by atoms with E-state index in [-0.39, 0.29) is 12.7 Å². The van der Waals surface area contributed by atoms with Gasteiger partial charge in [-0.3, -0.25) is 0 Å². The molecule has 2 N–H and O–H groups in total. The normalized spacial score (nSPS) is 40.6. The number of aliphatic hydroxyl groups excluding tert-OH is 2. The summed E-state index contributed by atoms with van der Waals surface area (Å²) in [7, 11) is 3.03. The van der Waals surface area contributed by atoms with Crippen LogP contribution in [-0.2, 0) is 14.2 Å². The Hall–Kier alpha value is -0.200. The van der Waals surface area contributed by atoms with Crippen molar-refractivity contribution in [2.24, 2.45) is 0 Å². The predicted molar refractivity (Wildman–Crippen MR) is 44.4 cm³/mol. The van der Waals surface area contributed by atoms with Crippen LogP contribution in [0.3, 0.4) is 0 Å². The molecule has 0 aromatic heterocycles. The maximum atomic E-state index is 9.64. The molecule has 78 valence electrons. The molecule has 0 radical (unpaired) electrons. The van der Waals surface area contributed by atoms with Crippen LogP contribution in [-0.4, -0.2) is 62.1 Å². The third-order valence-electron chi connectivity index (χ3n) is 2.31. The van der Waals surface area contributed by atoms with Crippen LogP contribution in [0.2, 0.25) is 0 Å². The number of hydrogen-bond donors (Lipinski definition) is 2. The monoisotopic (exact) mass is 192 g/mol. The van der Waals surface area contributed by atoms with Crippen molar-refractivity contribution in [3.63, 3.8) is 0 Å². The van der Waals surface area contributed by atoms with Gasteiger partial charge in [-0.05, 0) is 0 Å². The highest BCUT2D eigenvalue weighted by molar-refractivity contribution is 4.88. The highest BCUT2D eigenvalue weighted by atomic mass is 16.6. The van der Waals surface area contributed by atoms with Gasteiger partial charge in [0, 0.05) is 14.2 Å². The van der Waals surface area contributed by atoms with Crippen LogP contribution in [0, 0.1) is 0 Å². The molecular formula is C8H16O5. The molecule has 4 atom stereocenters. The van der Waals surface area contributed by atoms with Gasteiger partial charge in [0.1, 0.15) is 24.4 Å². The SMILES string of the molecule is CO[C@H]1[C@H](O)[C@@H](CO)OC[C@@H]1OC. The standard InChI is InChI=1S/C8H16O5/c1-11-6-4-13-5(3-9)7(10)8(6)12-2/h5-10H,3-4H2,1-2H3/t5-,6+,7-,8-/m1/s1. The second kappa shape index (κ2) is 4.88. The summed E-state index contributed by atoms with van der Waals surface area (Å²) in [4.78, 5) is 0. The van der Waals surface area contributed by atoms with E-state index in [0.717, 1.165) is 0 Å². The summed E-state index contributed by atoms with van der Waals surface area (Å²) >= 11 is 0. The van der Waals surface area contributed by atoms with Gasteiger partial charge in [-0.15, -0.1) is 0 Å². The Morgan fingerprint density at radius 2 is 2.08 bits per heavy atom. The molecule has 13 heavy (non-hydrogen) atoms. The van der Waals surface area contributed by atoms with Gasteiger partial charge in [0.05, 0.1) is 13.2 Å². The van der Waals surface area contributed by atoms with E-state index in [2.05, 4.69) is 0 Å². The molecule has 0 aromatic rings. The van der Waals surface area contributed by atoms with Gasteiger partial charge in [-0.25, -0.2) is 0 Å². The average molecular weight is 192 g/mol. The molecule has 1 saturated heterocycles. The minimum atomic E-state index is -0.839. The van der Waals surface area contributed by atoms with Crippen molar-refractivity contribution in [2.45, 2.75) is 24.4 Å².